The van der Waals surface area contributed by atoms with Crippen molar-refractivity contribution in [2.24, 2.45) is 23.5 Å². The van der Waals surface area contributed by atoms with E-state index in [9.17, 15) is 39.0 Å². The quantitative estimate of drug-likeness (QED) is 0.0823. The number of nitrogens with zero attached hydrogens (tertiary/aromatic N) is 2. The summed E-state index contributed by atoms with van der Waals surface area (Å²) in [4.78, 5) is 89.5. The van der Waals surface area contributed by atoms with Crippen molar-refractivity contribution in [3.63, 3.8) is 0 Å². The lowest BCUT2D eigenvalue weighted by Gasteiger charge is -2.35. The second kappa shape index (κ2) is 21.7. The Morgan fingerprint density at radius 1 is 0.862 bits per heavy atom. The maximum Gasteiger partial charge on any atom is 0.305 e. The molecule has 9 N–H and O–H groups in total. The molecule has 2 unspecified atom stereocenters. The number of piperidine rings is 1. The molecule has 58 heavy (non-hydrogen) atoms. The zero-order valence-electron chi connectivity index (χ0n) is 33.6. The van der Waals surface area contributed by atoms with Crippen LogP contribution < -0.4 is 27.0 Å². The number of rotatable bonds is 20. The number of carboxylic acids is 1. The number of carbonyl (C=O) groups is 6. The molecule has 0 spiro atoms. The van der Waals surface area contributed by atoms with E-state index < -0.39 is 71.6 Å². The number of aromatic nitrogens is 2. The molecule has 1 aliphatic rings. The summed E-state index contributed by atoms with van der Waals surface area (Å²) in [5, 5.41) is 30.7. The molecule has 5 amide bonds. The summed E-state index contributed by atoms with van der Waals surface area (Å²) in [7, 11) is 0. The van der Waals surface area contributed by atoms with Crippen molar-refractivity contribution in [3.8, 4) is 5.75 Å². The Bertz CT molecular complexity index is 1820. The number of phenolic OH excluding ortho intramolecular Hbond substituents is 1. The third-order valence-corrected chi connectivity index (χ3v) is 10.6. The molecule has 314 valence electrons. The highest BCUT2D eigenvalue weighted by atomic mass is 16.4. The first kappa shape index (κ1) is 44.9. The number of nitrogens with two attached hydrogens (primary N) is 1. The second-order valence-corrected chi connectivity index (χ2v) is 15.5. The number of aromatic hydroxyl groups is 1. The predicted molar refractivity (Wildman–Crippen MR) is 216 cm³/mol. The fraction of sp³-hybridized carbons (Fsp3) is 0.500. The third-order valence-electron chi connectivity index (χ3n) is 10.6. The summed E-state index contributed by atoms with van der Waals surface area (Å²) in [6.45, 7) is 7.62. The van der Waals surface area contributed by atoms with Gasteiger partial charge in [0, 0.05) is 38.2 Å². The van der Waals surface area contributed by atoms with Gasteiger partial charge in [-0.2, -0.15) is 0 Å². The number of imidazole rings is 1. The van der Waals surface area contributed by atoms with E-state index in [1.165, 1.54) is 23.4 Å². The van der Waals surface area contributed by atoms with E-state index in [1.54, 1.807) is 39.1 Å². The monoisotopic (exact) mass is 802 g/mol. The zero-order valence-corrected chi connectivity index (χ0v) is 33.6. The minimum absolute atomic E-state index is 0.0208. The van der Waals surface area contributed by atoms with Crippen molar-refractivity contribution in [2.75, 3.05) is 13.1 Å². The second-order valence-electron chi connectivity index (χ2n) is 15.5. The van der Waals surface area contributed by atoms with E-state index in [2.05, 4.69) is 31.2 Å². The van der Waals surface area contributed by atoms with Gasteiger partial charge in [-0.3, -0.25) is 28.8 Å². The van der Waals surface area contributed by atoms with Crippen molar-refractivity contribution in [2.45, 2.75) is 103 Å². The lowest BCUT2D eigenvalue weighted by atomic mass is 9.94. The molecule has 4 rings (SSSR count). The van der Waals surface area contributed by atoms with Gasteiger partial charge >= 0.3 is 5.97 Å². The van der Waals surface area contributed by atoms with Gasteiger partial charge in [-0.1, -0.05) is 76.6 Å². The first-order valence-electron chi connectivity index (χ1n) is 19.9. The maximum absolute atomic E-state index is 14.3. The lowest BCUT2D eigenvalue weighted by Crippen LogP contribution is -2.60. The molecule has 0 aliphatic carbocycles. The van der Waals surface area contributed by atoms with Crippen molar-refractivity contribution >= 4 is 35.5 Å². The van der Waals surface area contributed by atoms with Crippen LogP contribution in [0.4, 0.5) is 0 Å². The van der Waals surface area contributed by atoms with Crippen molar-refractivity contribution in [1.29, 1.82) is 0 Å². The first-order chi connectivity index (χ1) is 27.6. The van der Waals surface area contributed by atoms with Crippen LogP contribution in [0.25, 0.3) is 0 Å². The molecule has 0 bridgehead atoms. The van der Waals surface area contributed by atoms with Crippen LogP contribution in [0, 0.1) is 17.8 Å². The van der Waals surface area contributed by atoms with Gasteiger partial charge in [0.05, 0.1) is 30.4 Å². The Balaban J connectivity index is 1.51. The van der Waals surface area contributed by atoms with E-state index in [1.807, 2.05) is 37.3 Å². The number of H-pyrrole nitrogens is 1. The van der Waals surface area contributed by atoms with Gasteiger partial charge in [0.25, 0.3) is 0 Å². The van der Waals surface area contributed by atoms with Crippen molar-refractivity contribution < 1.29 is 39.0 Å². The predicted octanol–water partition coefficient (Wildman–Crippen LogP) is 1.83. The van der Waals surface area contributed by atoms with Gasteiger partial charge in [0.15, 0.2) is 0 Å². The molecular formula is C42H58N8O8. The molecule has 7 atom stereocenters. The summed E-state index contributed by atoms with van der Waals surface area (Å²) in [5.74, 6) is -4.80. The van der Waals surface area contributed by atoms with Gasteiger partial charge < -0.3 is 47.1 Å². The molecule has 16 heteroatoms. The molecule has 2 aromatic carbocycles. The Kier molecular flexibility index (Phi) is 16.8. The average molecular weight is 803 g/mol. The highest BCUT2D eigenvalue weighted by Crippen LogP contribution is 2.20. The Morgan fingerprint density at radius 2 is 1.53 bits per heavy atom. The Morgan fingerprint density at radius 3 is 2.16 bits per heavy atom. The molecule has 1 fully saturated rings. The van der Waals surface area contributed by atoms with E-state index in [4.69, 9.17) is 5.73 Å². The maximum atomic E-state index is 14.3. The highest BCUT2D eigenvalue weighted by Gasteiger charge is 2.37. The van der Waals surface area contributed by atoms with Crippen LogP contribution in [0.2, 0.25) is 0 Å². The van der Waals surface area contributed by atoms with Crippen molar-refractivity contribution in [3.05, 3.63) is 83.9 Å². The number of benzene rings is 2. The number of carboxylic acid groups (broad SMARTS) is 1. The van der Waals surface area contributed by atoms with Crippen LogP contribution in [-0.2, 0) is 48.0 Å². The Hall–Kier alpha value is -5.77. The number of amides is 5. The third kappa shape index (κ3) is 13.4. The van der Waals surface area contributed by atoms with Gasteiger partial charge in [0.1, 0.15) is 23.9 Å². The van der Waals surface area contributed by atoms with E-state index in [0.717, 1.165) is 5.56 Å². The van der Waals surface area contributed by atoms with Crippen LogP contribution in [0.1, 0.15) is 70.2 Å². The molecule has 0 saturated carbocycles. The largest absolute Gasteiger partial charge is 0.508 e. The molecule has 0 radical (unpaired) electrons. The highest BCUT2D eigenvalue weighted by molar-refractivity contribution is 5.95. The number of hydrogen-bond donors (Lipinski definition) is 8. The smallest absolute Gasteiger partial charge is 0.305 e. The molecule has 16 nitrogen and oxygen atoms in total. The van der Waals surface area contributed by atoms with Crippen molar-refractivity contribution in [1.82, 2.24) is 36.1 Å². The molecular weight excluding hydrogens is 745 g/mol. The summed E-state index contributed by atoms with van der Waals surface area (Å²) in [5.41, 5.74) is 8.14. The van der Waals surface area contributed by atoms with E-state index >= 15 is 0 Å². The first-order valence-corrected chi connectivity index (χ1v) is 19.9. The SMILES string of the molecule is CCC(C)[C@H](NC(=O)[C@H](Cc1ccc(O)cc1)NC(=O)[C@@H](N)C(C)C)C(=O)N[C@@H](Cc1c[nH]cn1)C(=O)N1CCCC(C(=O)N[C@H](CC(=O)O)Cc2ccccc2)C1. The van der Waals surface area contributed by atoms with E-state index in [0.29, 0.717) is 43.5 Å². The van der Waals surface area contributed by atoms with Gasteiger partial charge in [-0.15, -0.1) is 0 Å². The number of phenols is 1. The summed E-state index contributed by atoms with van der Waals surface area (Å²) < 4.78 is 0. The molecule has 1 saturated heterocycles. The summed E-state index contributed by atoms with van der Waals surface area (Å²) in [6, 6.07) is 10.6. The zero-order chi connectivity index (χ0) is 42.4. The van der Waals surface area contributed by atoms with Crippen LogP contribution in [0.15, 0.2) is 67.1 Å². The number of aromatic amines is 1. The lowest BCUT2D eigenvalue weighted by molar-refractivity contribution is -0.141. The minimum Gasteiger partial charge on any atom is -0.508 e. The number of nitrogens with one attached hydrogen (secondary N) is 5. The molecule has 1 aliphatic heterocycles. The van der Waals surface area contributed by atoms with Gasteiger partial charge in [0.2, 0.25) is 29.5 Å². The fourth-order valence-corrected chi connectivity index (χ4v) is 6.89. The summed E-state index contributed by atoms with van der Waals surface area (Å²) in [6.07, 6.45) is 4.68. The minimum atomic E-state index is -1.12. The molecule has 3 aromatic rings. The molecule has 2 heterocycles. The van der Waals surface area contributed by atoms with Crippen LogP contribution >= 0.6 is 0 Å². The van der Waals surface area contributed by atoms with Gasteiger partial charge in [-0.05, 0) is 54.4 Å². The topological polar surface area (TPSA) is 249 Å². The molecule has 1 aromatic heterocycles. The number of aliphatic carboxylic acids is 1. The normalized spacial score (nSPS) is 17.2. The number of carbonyl (C=O) groups excluding carboxylic acids is 5. The van der Waals surface area contributed by atoms with Crippen LogP contribution in [0.3, 0.4) is 0 Å². The summed E-state index contributed by atoms with van der Waals surface area (Å²) >= 11 is 0. The van der Waals surface area contributed by atoms with E-state index in [-0.39, 0.29) is 43.4 Å². The Labute approximate surface area is 339 Å². The average Bonchev–Trinajstić information content (AvgIpc) is 3.72. The fourth-order valence-electron chi connectivity index (χ4n) is 6.89. The number of hydrogen-bond acceptors (Lipinski definition) is 9. The van der Waals surface area contributed by atoms with Crippen LogP contribution in [0.5, 0.6) is 5.75 Å². The number of likely N-dealkylation sites (tertiary alicyclic amines) is 1. The standard InChI is InChI=1S/C42H58N8O8/c1-5-26(4)37(49-39(55)33(47-40(56)36(43)25(2)3)19-28-13-15-32(51)16-14-28)41(57)48-34(20-31-22-44-24-45-31)42(58)50-17-9-12-29(23-50)38(54)46-30(21-35(52)53)18-27-10-7-6-8-11-27/h6-8,10-11,13-16,22,24-26,29-30,33-34,36-37,51H,5,9,12,17-21,23,43H2,1-4H3,(H,44,45)(H,46,54)(H,47,56)(H,48,57)(H,49,55)(H,52,53)/t26?,29?,30-,33-,34-,36-,37-/m0/s1. The van der Waals surface area contributed by atoms with Crippen LogP contribution in [-0.4, -0.2) is 104 Å². The van der Waals surface area contributed by atoms with Gasteiger partial charge in [-0.25, -0.2) is 4.98 Å².